The topological polar surface area (TPSA) is 46.2 Å². The Balaban J connectivity index is 2.03. The molecule has 274 valence electrons. The van der Waals surface area contributed by atoms with Gasteiger partial charge < -0.3 is 23.1 Å². The van der Waals surface area contributed by atoms with Gasteiger partial charge in [0.15, 0.2) is 0 Å². The number of benzene rings is 4. The van der Waals surface area contributed by atoms with Crippen LogP contribution in [0.2, 0.25) is 0 Å². The molecule has 5 nitrogen and oxygen atoms in total. The molecule has 0 saturated heterocycles. The first kappa shape index (κ1) is 40.2. The maximum Gasteiger partial charge on any atom is 0.272 e. The van der Waals surface area contributed by atoms with Gasteiger partial charge in [-0.3, -0.25) is 0 Å². The normalized spacial score (nSPS) is 12.7. The van der Waals surface area contributed by atoms with Gasteiger partial charge in [0.1, 0.15) is 23.0 Å². The molecule has 0 heterocycles. The Bertz CT molecular complexity index is 1560. The van der Waals surface area contributed by atoms with Crippen molar-refractivity contribution in [1.82, 2.24) is 0 Å². The van der Waals surface area contributed by atoms with Crippen LogP contribution in [0.3, 0.4) is 0 Å². The average Bonchev–Trinajstić information content (AvgIpc) is 3.05. The van der Waals surface area contributed by atoms with E-state index in [9.17, 15) is 0 Å². The van der Waals surface area contributed by atoms with Crippen molar-refractivity contribution in [3.63, 3.8) is 0 Å². The quantitative estimate of drug-likeness (QED) is 0.156. The predicted octanol–water partition coefficient (Wildman–Crippen LogP) is 7.84. The van der Waals surface area contributed by atoms with Crippen molar-refractivity contribution in [2.24, 2.45) is 0 Å². The van der Waals surface area contributed by atoms with Gasteiger partial charge in [0, 0.05) is 0 Å². The van der Waals surface area contributed by atoms with E-state index in [1.807, 2.05) is 0 Å². The lowest BCUT2D eigenvalue weighted by atomic mass is 9.86. The summed E-state index contributed by atoms with van der Waals surface area (Å²) in [5.41, 5.74) is 4.30. The summed E-state index contributed by atoms with van der Waals surface area (Å²) in [6.45, 7) is 26.6. The molecule has 0 atom stereocenters. The third-order valence-electron chi connectivity index (χ3n) is 9.29. The minimum atomic E-state index is -1.89. The average molecular weight is 725 g/mol. The molecule has 51 heavy (non-hydrogen) atoms. The summed E-state index contributed by atoms with van der Waals surface area (Å²) in [7, 11) is 3.24. The molecule has 4 rings (SSSR count). The van der Waals surface area contributed by atoms with Crippen LogP contribution in [-0.4, -0.2) is 46.5 Å². The van der Waals surface area contributed by atoms with E-state index in [-0.39, 0.29) is 21.7 Å². The van der Waals surface area contributed by atoms with Gasteiger partial charge in [-0.15, -0.1) is 0 Å². The lowest BCUT2D eigenvalue weighted by Crippen LogP contribution is -2.56. The number of hydrogen-bond donors (Lipinski definition) is 0. The Morgan fingerprint density at radius 2 is 0.529 bits per heavy atom. The van der Waals surface area contributed by atoms with Crippen LogP contribution in [0, 0.1) is 0 Å². The Hall–Kier alpha value is -3.53. The van der Waals surface area contributed by atoms with Crippen LogP contribution in [0.15, 0.2) is 72.8 Å². The second kappa shape index (κ2) is 15.2. The van der Waals surface area contributed by atoms with E-state index in [1.165, 1.54) is 0 Å². The Kier molecular flexibility index (Phi) is 12.0. The minimum Gasteiger partial charge on any atom is -0.496 e. The van der Waals surface area contributed by atoms with E-state index >= 15 is 0 Å². The maximum atomic E-state index is 7.68. The van der Waals surface area contributed by atoms with Crippen molar-refractivity contribution >= 4 is 38.8 Å². The fraction of sp³-hybridized carbons (Fsp3) is 0.455. The van der Waals surface area contributed by atoms with Gasteiger partial charge in [-0.25, -0.2) is 0 Å². The molecule has 0 amide bonds. The number of rotatable bonds is 10. The van der Waals surface area contributed by atoms with E-state index in [0.29, 0.717) is 0 Å². The number of hydrogen-bond acceptors (Lipinski definition) is 5. The van der Waals surface area contributed by atoms with E-state index in [0.717, 1.165) is 66.0 Å². The van der Waals surface area contributed by atoms with Crippen molar-refractivity contribution in [2.45, 2.75) is 105 Å². The zero-order valence-electron chi connectivity index (χ0n) is 34.0. The fourth-order valence-corrected chi connectivity index (χ4v) is 11.8. The lowest BCUT2D eigenvalue weighted by Gasteiger charge is -2.29. The molecule has 4 aromatic carbocycles. The van der Waals surface area contributed by atoms with Gasteiger partial charge >= 0.3 is 0 Å². The monoisotopic (exact) mass is 724 g/mol. The summed E-state index contributed by atoms with van der Waals surface area (Å²) in [6.07, 6.45) is 0. The zero-order chi connectivity index (χ0) is 38.1. The van der Waals surface area contributed by atoms with Gasteiger partial charge in [-0.05, 0) is 88.9 Å². The molecule has 0 N–H and O–H groups in total. The summed E-state index contributed by atoms with van der Waals surface area (Å²) in [4.78, 5) is 0. The summed E-state index contributed by atoms with van der Waals surface area (Å²) in [5.74, 6) is 3.46. The van der Waals surface area contributed by atoms with Crippen molar-refractivity contribution in [1.29, 1.82) is 0 Å². The van der Waals surface area contributed by atoms with Crippen LogP contribution in [0.1, 0.15) is 105 Å². The van der Waals surface area contributed by atoms with Gasteiger partial charge in [-0.1, -0.05) is 132 Å². The molecule has 0 spiro atoms. The molecule has 0 aromatic heterocycles. The third kappa shape index (κ3) is 9.11. The second-order valence-corrected chi connectivity index (χ2v) is 21.9. The molecule has 0 bridgehead atoms. The van der Waals surface area contributed by atoms with Gasteiger partial charge in [0.25, 0.3) is 18.1 Å². The Morgan fingerprint density at radius 1 is 0.333 bits per heavy atom. The highest BCUT2D eigenvalue weighted by Crippen LogP contribution is 2.34. The van der Waals surface area contributed by atoms with E-state index in [1.54, 1.807) is 28.4 Å². The molecular formula is C44H60O5Si2. The first-order valence-electron chi connectivity index (χ1n) is 17.8. The van der Waals surface area contributed by atoms with E-state index in [4.69, 9.17) is 23.1 Å². The van der Waals surface area contributed by atoms with Crippen LogP contribution in [0.4, 0.5) is 0 Å². The smallest absolute Gasteiger partial charge is 0.272 e. The number of methoxy groups -OCH3 is 4. The molecular weight excluding hydrogens is 665 g/mol. The van der Waals surface area contributed by atoms with E-state index in [2.05, 4.69) is 156 Å². The van der Waals surface area contributed by atoms with E-state index < -0.39 is 18.1 Å². The first-order chi connectivity index (χ1) is 23.6. The summed E-state index contributed by atoms with van der Waals surface area (Å²) < 4.78 is 31.8. The molecule has 0 saturated carbocycles. The van der Waals surface area contributed by atoms with Crippen LogP contribution in [0.25, 0.3) is 0 Å². The highest BCUT2D eigenvalue weighted by atomic mass is 28.4. The molecule has 0 fully saturated rings. The maximum absolute atomic E-state index is 7.68. The largest absolute Gasteiger partial charge is 0.496 e. The lowest BCUT2D eigenvalue weighted by molar-refractivity contribution is 0.397. The first-order valence-corrected chi connectivity index (χ1v) is 20.6. The van der Waals surface area contributed by atoms with Gasteiger partial charge in [0.2, 0.25) is 0 Å². The van der Waals surface area contributed by atoms with Crippen LogP contribution < -0.4 is 39.7 Å². The van der Waals surface area contributed by atoms with Crippen LogP contribution in [0.5, 0.6) is 23.0 Å². The van der Waals surface area contributed by atoms with Crippen LogP contribution >= 0.6 is 0 Å². The van der Waals surface area contributed by atoms with Gasteiger partial charge in [-0.2, -0.15) is 0 Å². The highest BCUT2D eigenvalue weighted by Gasteiger charge is 2.33. The third-order valence-corrected chi connectivity index (χ3v) is 14.3. The predicted molar refractivity (Wildman–Crippen MR) is 218 cm³/mol. The minimum absolute atomic E-state index is 0.0825. The number of ether oxygens (including phenoxy) is 4. The SMILES string of the molecule is COc1cc([Si](O[Si](c2ccc(C(C)(C)C)c(OC)c2)c2ccc(C(C)(C)C)c(OC)c2)c2ccc(C(C)(C)C)c(OC)c2)ccc1C(C)(C)C. The fourth-order valence-electron chi connectivity index (χ4n) is 6.48. The molecule has 2 radical (unpaired) electrons. The molecule has 0 aliphatic carbocycles. The zero-order valence-corrected chi connectivity index (χ0v) is 36.0. The van der Waals surface area contributed by atoms with Crippen molar-refractivity contribution < 1.29 is 23.1 Å². The molecule has 0 aliphatic rings. The second-order valence-electron chi connectivity index (χ2n) is 17.4. The molecule has 4 aromatic rings. The summed E-state index contributed by atoms with van der Waals surface area (Å²) in [5, 5.41) is 4.42. The summed E-state index contributed by atoms with van der Waals surface area (Å²) >= 11 is 0. The Morgan fingerprint density at radius 3 is 0.686 bits per heavy atom. The summed E-state index contributed by atoms with van der Waals surface area (Å²) in [6, 6.07) is 26.5. The van der Waals surface area contributed by atoms with Crippen molar-refractivity contribution in [3.05, 3.63) is 95.1 Å². The molecule has 0 unspecified atom stereocenters. The molecule has 7 heteroatoms. The van der Waals surface area contributed by atoms with Crippen LogP contribution in [-0.2, 0) is 25.8 Å². The van der Waals surface area contributed by atoms with Crippen molar-refractivity contribution in [3.8, 4) is 23.0 Å². The highest BCUT2D eigenvalue weighted by molar-refractivity contribution is 6.92. The molecule has 0 aliphatic heterocycles. The van der Waals surface area contributed by atoms with Crippen molar-refractivity contribution in [2.75, 3.05) is 28.4 Å². The standard InChI is InChI=1S/C44H60O5Si2/c1-41(2,3)33-21-17-29(25-37(33)45-13)50(30-18-22-34(42(4,5)6)38(26-30)46-14)49-51(31-19-23-35(43(7,8)9)39(27-31)47-15)32-20-24-36(44(10,11)12)40(28-32)48-16/h17-28H,1-16H3. The van der Waals surface area contributed by atoms with Gasteiger partial charge in [0.05, 0.1) is 28.4 Å². The Labute approximate surface area is 312 Å².